The molecule has 30 heavy (non-hydrogen) atoms. The lowest BCUT2D eigenvalue weighted by atomic mass is 9.91. The molecule has 0 aliphatic rings. The summed E-state index contributed by atoms with van der Waals surface area (Å²) in [7, 11) is 3.18. The zero-order chi connectivity index (χ0) is 21.9. The van der Waals surface area contributed by atoms with Crippen LogP contribution in [-0.2, 0) is 4.79 Å². The van der Waals surface area contributed by atoms with Crippen LogP contribution >= 0.6 is 0 Å². The van der Waals surface area contributed by atoms with Crippen LogP contribution in [0.4, 0.5) is 0 Å². The van der Waals surface area contributed by atoms with Crippen molar-refractivity contribution in [3.05, 3.63) is 47.5 Å². The average molecular weight is 415 g/mol. The molecule has 0 aliphatic heterocycles. The molecule has 1 N–H and O–H groups in total. The Bertz CT molecular complexity index is 815. The van der Waals surface area contributed by atoms with Crippen molar-refractivity contribution in [2.75, 3.05) is 14.2 Å². The molecule has 0 saturated carbocycles. The van der Waals surface area contributed by atoms with Crippen LogP contribution in [-0.4, -0.2) is 25.3 Å². The fraction of sp³-hybridized carbons (Fsp3) is 0.480. The number of phenols is 1. The van der Waals surface area contributed by atoms with E-state index in [1.165, 1.54) is 19.3 Å². The number of hydrogen-bond donors (Lipinski definition) is 1. The van der Waals surface area contributed by atoms with Crippen LogP contribution in [0.5, 0.6) is 23.0 Å². The highest BCUT2D eigenvalue weighted by Crippen LogP contribution is 2.39. The minimum Gasteiger partial charge on any atom is -0.508 e. The summed E-state index contributed by atoms with van der Waals surface area (Å²) >= 11 is 0. The topological polar surface area (TPSA) is 65.0 Å². The number of carbonyl (C=O) groups is 1. The molecular formula is C25H34O5. The summed E-state index contributed by atoms with van der Waals surface area (Å²) in [6.45, 7) is 4.14. The van der Waals surface area contributed by atoms with Gasteiger partial charge in [0.05, 0.1) is 14.2 Å². The van der Waals surface area contributed by atoms with Crippen molar-refractivity contribution in [1.82, 2.24) is 0 Å². The molecule has 0 aromatic heterocycles. The molecule has 0 heterocycles. The predicted octanol–water partition coefficient (Wildman–Crippen LogP) is 6.22. The Balaban J connectivity index is 2.15. The summed E-state index contributed by atoms with van der Waals surface area (Å²) in [5, 5.41) is 10.4. The highest BCUT2D eigenvalue weighted by molar-refractivity contribution is 5.73. The van der Waals surface area contributed by atoms with Crippen LogP contribution in [0.2, 0.25) is 0 Å². The first kappa shape index (κ1) is 23.6. The Morgan fingerprint density at radius 3 is 2.17 bits per heavy atom. The van der Waals surface area contributed by atoms with Gasteiger partial charge in [0.1, 0.15) is 23.0 Å². The van der Waals surface area contributed by atoms with E-state index in [2.05, 4.69) is 6.92 Å². The van der Waals surface area contributed by atoms with Gasteiger partial charge >= 0.3 is 5.97 Å². The number of benzene rings is 2. The van der Waals surface area contributed by atoms with Gasteiger partial charge < -0.3 is 19.3 Å². The van der Waals surface area contributed by atoms with Crippen LogP contribution in [0, 0.1) is 0 Å². The van der Waals surface area contributed by atoms with E-state index in [0.717, 1.165) is 24.8 Å². The molecule has 0 fully saturated rings. The molecule has 164 valence electrons. The lowest BCUT2D eigenvalue weighted by Crippen LogP contribution is -2.10. The maximum atomic E-state index is 12.4. The number of methoxy groups -OCH3 is 2. The van der Waals surface area contributed by atoms with E-state index >= 15 is 0 Å². The van der Waals surface area contributed by atoms with E-state index in [1.54, 1.807) is 44.6 Å². The molecule has 1 unspecified atom stereocenters. The van der Waals surface area contributed by atoms with Crippen molar-refractivity contribution >= 4 is 5.97 Å². The standard InChI is InChI=1S/C25H34O5/c1-5-6-7-8-9-10-11-25(27)30-24-15-13-20(29-4)17-22(24)18(2)21-16-19(28-3)12-14-23(21)26/h12-18,26H,5-11H2,1-4H3. The predicted molar refractivity (Wildman–Crippen MR) is 119 cm³/mol. The van der Waals surface area contributed by atoms with Crippen molar-refractivity contribution < 1.29 is 24.1 Å². The zero-order valence-electron chi connectivity index (χ0n) is 18.6. The summed E-state index contributed by atoms with van der Waals surface area (Å²) in [6.07, 6.45) is 7.10. The second-order valence-electron chi connectivity index (χ2n) is 7.54. The van der Waals surface area contributed by atoms with E-state index < -0.39 is 0 Å². The normalized spacial score (nSPS) is 11.7. The highest BCUT2D eigenvalue weighted by Gasteiger charge is 2.20. The van der Waals surface area contributed by atoms with Crippen molar-refractivity contribution in [3.63, 3.8) is 0 Å². The van der Waals surface area contributed by atoms with Crippen molar-refractivity contribution in [2.45, 2.75) is 64.7 Å². The molecular weight excluding hydrogens is 380 g/mol. The summed E-state index contributed by atoms with van der Waals surface area (Å²) in [4.78, 5) is 12.4. The quantitative estimate of drug-likeness (QED) is 0.254. The largest absolute Gasteiger partial charge is 0.508 e. The number of ether oxygens (including phenoxy) is 3. The van der Waals surface area contributed by atoms with Crippen molar-refractivity contribution in [3.8, 4) is 23.0 Å². The Hall–Kier alpha value is -2.69. The van der Waals surface area contributed by atoms with Crippen LogP contribution < -0.4 is 14.2 Å². The summed E-state index contributed by atoms with van der Waals surface area (Å²) in [5.74, 6) is 1.50. The molecule has 2 aromatic rings. The summed E-state index contributed by atoms with van der Waals surface area (Å²) in [5.41, 5.74) is 1.46. The van der Waals surface area contributed by atoms with Crippen molar-refractivity contribution in [1.29, 1.82) is 0 Å². The van der Waals surface area contributed by atoms with Gasteiger partial charge in [0.25, 0.3) is 0 Å². The molecule has 0 amide bonds. The minimum absolute atomic E-state index is 0.162. The SMILES string of the molecule is CCCCCCCCC(=O)Oc1ccc(OC)cc1C(C)c1cc(OC)ccc1O. The third-order valence-corrected chi connectivity index (χ3v) is 5.34. The number of phenolic OH excluding ortho intramolecular Hbond substituents is 1. The number of esters is 1. The second-order valence-corrected chi connectivity index (χ2v) is 7.54. The van der Waals surface area contributed by atoms with Gasteiger partial charge in [0, 0.05) is 23.5 Å². The van der Waals surface area contributed by atoms with E-state index in [0.29, 0.717) is 29.2 Å². The van der Waals surface area contributed by atoms with Gasteiger partial charge in [-0.3, -0.25) is 4.79 Å². The Kier molecular flexibility index (Phi) is 9.52. The van der Waals surface area contributed by atoms with Crippen LogP contribution in [0.15, 0.2) is 36.4 Å². The number of rotatable bonds is 12. The fourth-order valence-electron chi connectivity index (χ4n) is 3.48. The molecule has 5 heteroatoms. The lowest BCUT2D eigenvalue weighted by molar-refractivity contribution is -0.134. The first-order chi connectivity index (χ1) is 14.5. The van der Waals surface area contributed by atoms with Gasteiger partial charge in [0.2, 0.25) is 0 Å². The molecule has 5 nitrogen and oxygen atoms in total. The van der Waals surface area contributed by atoms with E-state index in [1.807, 2.05) is 13.0 Å². The molecule has 0 radical (unpaired) electrons. The number of aromatic hydroxyl groups is 1. The van der Waals surface area contributed by atoms with Gasteiger partial charge in [-0.2, -0.15) is 0 Å². The Morgan fingerprint density at radius 1 is 0.900 bits per heavy atom. The fourth-order valence-corrected chi connectivity index (χ4v) is 3.48. The summed E-state index contributed by atoms with van der Waals surface area (Å²) < 4.78 is 16.4. The molecule has 1 atom stereocenters. The van der Waals surface area contributed by atoms with E-state index in [9.17, 15) is 9.90 Å². The molecule has 0 aliphatic carbocycles. The van der Waals surface area contributed by atoms with E-state index in [-0.39, 0.29) is 17.6 Å². The Morgan fingerprint density at radius 2 is 1.50 bits per heavy atom. The Labute approximate surface area is 180 Å². The van der Waals surface area contributed by atoms with Crippen LogP contribution in [0.1, 0.15) is 75.8 Å². The van der Waals surface area contributed by atoms with Gasteiger partial charge in [-0.15, -0.1) is 0 Å². The van der Waals surface area contributed by atoms with Crippen LogP contribution in [0.3, 0.4) is 0 Å². The lowest BCUT2D eigenvalue weighted by Gasteiger charge is -2.19. The zero-order valence-corrected chi connectivity index (χ0v) is 18.6. The number of hydrogen-bond acceptors (Lipinski definition) is 5. The number of carbonyl (C=O) groups excluding carboxylic acids is 1. The van der Waals surface area contributed by atoms with Gasteiger partial charge in [-0.25, -0.2) is 0 Å². The highest BCUT2D eigenvalue weighted by atomic mass is 16.5. The van der Waals surface area contributed by atoms with Gasteiger partial charge in [-0.05, 0) is 42.8 Å². The first-order valence-electron chi connectivity index (χ1n) is 10.8. The molecule has 0 spiro atoms. The first-order valence-corrected chi connectivity index (χ1v) is 10.8. The maximum Gasteiger partial charge on any atom is 0.311 e. The monoisotopic (exact) mass is 414 g/mol. The average Bonchev–Trinajstić information content (AvgIpc) is 2.76. The smallest absolute Gasteiger partial charge is 0.311 e. The minimum atomic E-state index is -0.237. The van der Waals surface area contributed by atoms with Gasteiger partial charge in [0.15, 0.2) is 0 Å². The van der Waals surface area contributed by atoms with Crippen molar-refractivity contribution in [2.24, 2.45) is 0 Å². The molecule has 2 rings (SSSR count). The second kappa shape index (κ2) is 12.1. The third kappa shape index (κ3) is 6.68. The molecule has 0 bridgehead atoms. The molecule has 0 saturated heterocycles. The third-order valence-electron chi connectivity index (χ3n) is 5.34. The van der Waals surface area contributed by atoms with E-state index in [4.69, 9.17) is 14.2 Å². The van der Waals surface area contributed by atoms with Gasteiger partial charge in [-0.1, -0.05) is 46.0 Å². The number of unbranched alkanes of at least 4 members (excludes halogenated alkanes) is 5. The maximum absolute atomic E-state index is 12.4. The van der Waals surface area contributed by atoms with Crippen LogP contribution in [0.25, 0.3) is 0 Å². The summed E-state index contributed by atoms with van der Waals surface area (Å²) in [6, 6.07) is 10.5. The molecule has 2 aromatic carbocycles.